The summed E-state index contributed by atoms with van der Waals surface area (Å²) in [4.78, 5) is 36.9. The number of fused-ring (bicyclic) bond motifs is 1. The summed E-state index contributed by atoms with van der Waals surface area (Å²) in [6.45, 7) is 3.79. The summed E-state index contributed by atoms with van der Waals surface area (Å²) in [6.07, 6.45) is 2.05. The molecule has 7 heteroatoms. The zero-order valence-electron chi connectivity index (χ0n) is 16.3. The van der Waals surface area contributed by atoms with Gasteiger partial charge < -0.3 is 19.2 Å². The molecule has 0 bridgehead atoms. The van der Waals surface area contributed by atoms with Crippen LogP contribution < -0.4 is 0 Å². The Morgan fingerprint density at radius 2 is 1.85 bits per heavy atom. The van der Waals surface area contributed by atoms with Crippen LogP contribution in [0.15, 0.2) is 24.4 Å². The molecule has 0 amide bonds. The van der Waals surface area contributed by atoms with Crippen molar-refractivity contribution in [1.82, 2.24) is 9.47 Å². The molecular weight excluding hydrogens is 348 g/mol. The molecule has 0 N–H and O–H groups in total. The van der Waals surface area contributed by atoms with Crippen molar-refractivity contribution < 1.29 is 23.9 Å². The molecule has 0 spiro atoms. The minimum Gasteiger partial charge on any atom is -0.428 e. The lowest BCUT2D eigenvalue weighted by atomic mass is 10.1. The van der Waals surface area contributed by atoms with Crippen molar-refractivity contribution in [3.05, 3.63) is 35.5 Å². The minimum absolute atomic E-state index is 0.0205. The Balaban J connectivity index is 2.07. The average Bonchev–Trinajstić information content (AvgIpc) is 2.96. The summed E-state index contributed by atoms with van der Waals surface area (Å²) in [5.41, 5.74) is 2.92. The third-order valence-corrected chi connectivity index (χ3v) is 4.15. The van der Waals surface area contributed by atoms with Gasteiger partial charge in [-0.25, -0.2) is 4.79 Å². The van der Waals surface area contributed by atoms with E-state index in [4.69, 9.17) is 9.47 Å². The van der Waals surface area contributed by atoms with Gasteiger partial charge in [-0.1, -0.05) is 11.6 Å². The number of nitrogens with zero attached hydrogens (tertiary/aromatic N) is 2. The van der Waals surface area contributed by atoms with Crippen molar-refractivity contribution >= 4 is 28.7 Å². The first-order chi connectivity index (χ1) is 12.8. The second kappa shape index (κ2) is 9.32. The number of aromatic nitrogens is 1. The van der Waals surface area contributed by atoms with Crippen molar-refractivity contribution in [2.45, 2.75) is 33.1 Å². The monoisotopic (exact) mass is 374 g/mol. The first kappa shape index (κ1) is 20.6. The van der Waals surface area contributed by atoms with Gasteiger partial charge in [-0.2, -0.15) is 0 Å². The summed E-state index contributed by atoms with van der Waals surface area (Å²) in [6, 6.07) is 5.86. The van der Waals surface area contributed by atoms with E-state index in [-0.39, 0.29) is 18.6 Å². The number of benzene rings is 1. The Morgan fingerprint density at radius 3 is 2.52 bits per heavy atom. The number of ketones is 1. The van der Waals surface area contributed by atoms with E-state index in [1.54, 1.807) is 6.20 Å². The van der Waals surface area contributed by atoms with Gasteiger partial charge in [0.05, 0.1) is 11.9 Å². The highest BCUT2D eigenvalue weighted by Gasteiger charge is 2.16. The molecule has 0 aliphatic rings. The fraction of sp³-hybridized carbons (Fsp3) is 0.450. The van der Waals surface area contributed by atoms with E-state index in [1.165, 1.54) is 11.5 Å². The predicted octanol–water partition coefficient (Wildman–Crippen LogP) is 2.91. The highest BCUT2D eigenvalue weighted by molar-refractivity contribution is 5.92. The van der Waals surface area contributed by atoms with Crippen LogP contribution in [0.25, 0.3) is 10.9 Å². The Labute approximate surface area is 158 Å². The number of hydrogen-bond acceptors (Lipinski definition) is 6. The van der Waals surface area contributed by atoms with Gasteiger partial charge in [0.25, 0.3) is 0 Å². The molecule has 0 saturated carbocycles. The van der Waals surface area contributed by atoms with Crippen molar-refractivity contribution in [1.29, 1.82) is 0 Å². The smallest absolute Gasteiger partial charge is 0.421 e. The van der Waals surface area contributed by atoms with Crippen LogP contribution in [-0.2, 0) is 25.5 Å². The van der Waals surface area contributed by atoms with Gasteiger partial charge in [-0.05, 0) is 52.1 Å². The van der Waals surface area contributed by atoms with E-state index in [0.29, 0.717) is 0 Å². The topological polar surface area (TPSA) is 77.8 Å². The number of hydrogen-bond donors (Lipinski definition) is 0. The number of carbonyl (C=O) groups is 3. The fourth-order valence-corrected chi connectivity index (χ4v) is 2.67. The van der Waals surface area contributed by atoms with Gasteiger partial charge in [0, 0.05) is 24.5 Å². The van der Waals surface area contributed by atoms with E-state index in [1.807, 2.05) is 39.2 Å². The van der Waals surface area contributed by atoms with Crippen molar-refractivity contribution in [3.8, 4) is 0 Å². The summed E-state index contributed by atoms with van der Waals surface area (Å²) < 4.78 is 11.3. The van der Waals surface area contributed by atoms with Crippen LogP contribution in [0, 0.1) is 6.92 Å². The number of likely N-dealkylation sites (N-methyl/N-ethyl adjacent to an activating group) is 1. The van der Waals surface area contributed by atoms with Gasteiger partial charge in [0.2, 0.25) is 6.79 Å². The predicted molar refractivity (Wildman–Crippen MR) is 102 cm³/mol. The number of carbonyl (C=O) groups excluding carboxylic acids is 3. The lowest BCUT2D eigenvalue weighted by Crippen LogP contribution is -2.17. The van der Waals surface area contributed by atoms with Gasteiger partial charge in [0.1, 0.15) is 5.78 Å². The van der Waals surface area contributed by atoms with E-state index in [0.717, 1.165) is 35.0 Å². The zero-order chi connectivity index (χ0) is 20.0. The number of rotatable bonds is 8. The van der Waals surface area contributed by atoms with Gasteiger partial charge >= 0.3 is 12.1 Å². The number of aryl methyl sites for hydroxylation is 1. The van der Waals surface area contributed by atoms with E-state index >= 15 is 0 Å². The van der Waals surface area contributed by atoms with Gasteiger partial charge in [-0.15, -0.1) is 0 Å². The summed E-state index contributed by atoms with van der Waals surface area (Å²) in [7, 11) is 4.00. The Bertz CT molecular complexity index is 838. The van der Waals surface area contributed by atoms with Crippen LogP contribution in [0.2, 0.25) is 0 Å². The molecule has 0 aliphatic carbocycles. The first-order valence-corrected chi connectivity index (χ1v) is 8.85. The Kier molecular flexibility index (Phi) is 7.12. The second-order valence-corrected chi connectivity index (χ2v) is 6.84. The van der Waals surface area contributed by atoms with Crippen LogP contribution >= 0.6 is 0 Å². The van der Waals surface area contributed by atoms with E-state index < -0.39 is 18.9 Å². The molecule has 0 aliphatic heterocycles. The molecule has 0 radical (unpaired) electrons. The summed E-state index contributed by atoms with van der Waals surface area (Å²) >= 11 is 0. The summed E-state index contributed by atoms with van der Waals surface area (Å²) in [5, 5.41) is 1.01. The largest absolute Gasteiger partial charge is 0.428 e. The normalized spacial score (nSPS) is 11.0. The Morgan fingerprint density at radius 1 is 1.11 bits per heavy atom. The lowest BCUT2D eigenvalue weighted by molar-refractivity contribution is -0.152. The highest BCUT2D eigenvalue weighted by atomic mass is 16.7. The molecule has 2 aromatic rings. The third kappa shape index (κ3) is 5.92. The number of ether oxygens (including phenoxy) is 2. The molecule has 0 fully saturated rings. The van der Waals surface area contributed by atoms with Crippen molar-refractivity contribution in [2.75, 3.05) is 27.4 Å². The number of Topliss-reactive ketones (excluding diaryl/α,β-unsaturated/α-hetero) is 1. The molecule has 2 rings (SSSR count). The standard InChI is InChI=1S/C20H26N2O5/c1-14-5-7-18-17(11-14)16(9-10-21(3)4)12-22(18)20(25)27-13-26-19(24)8-6-15(2)23/h5,7,11-12H,6,8-10,13H2,1-4H3. The molecule has 1 aromatic carbocycles. The maximum Gasteiger partial charge on any atom is 0.421 e. The summed E-state index contributed by atoms with van der Waals surface area (Å²) in [5.74, 6) is -0.666. The molecule has 27 heavy (non-hydrogen) atoms. The second-order valence-electron chi connectivity index (χ2n) is 6.84. The molecule has 146 valence electrons. The van der Waals surface area contributed by atoms with Crippen LogP contribution in [-0.4, -0.2) is 54.7 Å². The van der Waals surface area contributed by atoms with Crippen LogP contribution in [0.3, 0.4) is 0 Å². The van der Waals surface area contributed by atoms with E-state index in [2.05, 4.69) is 4.90 Å². The van der Waals surface area contributed by atoms with Crippen LogP contribution in [0.1, 0.15) is 30.9 Å². The van der Waals surface area contributed by atoms with Crippen LogP contribution in [0.5, 0.6) is 0 Å². The first-order valence-electron chi connectivity index (χ1n) is 8.85. The van der Waals surface area contributed by atoms with E-state index in [9.17, 15) is 14.4 Å². The maximum absolute atomic E-state index is 12.4. The lowest BCUT2D eigenvalue weighted by Gasteiger charge is -2.08. The molecule has 0 atom stereocenters. The molecule has 0 saturated heterocycles. The zero-order valence-corrected chi connectivity index (χ0v) is 16.3. The maximum atomic E-state index is 12.4. The fourth-order valence-electron chi connectivity index (χ4n) is 2.67. The molecule has 0 unspecified atom stereocenters. The Hall–Kier alpha value is -2.67. The minimum atomic E-state index is -0.612. The molecular formula is C20H26N2O5. The van der Waals surface area contributed by atoms with Crippen molar-refractivity contribution in [3.63, 3.8) is 0 Å². The third-order valence-electron chi connectivity index (χ3n) is 4.15. The van der Waals surface area contributed by atoms with Gasteiger partial charge in [0.15, 0.2) is 0 Å². The highest BCUT2D eigenvalue weighted by Crippen LogP contribution is 2.24. The van der Waals surface area contributed by atoms with Crippen LogP contribution in [0.4, 0.5) is 4.79 Å². The molecule has 7 nitrogen and oxygen atoms in total. The number of esters is 1. The van der Waals surface area contributed by atoms with Crippen molar-refractivity contribution in [2.24, 2.45) is 0 Å². The quantitative estimate of drug-likeness (QED) is 0.522. The van der Waals surface area contributed by atoms with Gasteiger partial charge in [-0.3, -0.25) is 9.36 Å². The molecule has 1 heterocycles. The molecule has 1 aromatic heterocycles. The SMILES string of the molecule is CC(=O)CCC(=O)OCOC(=O)n1cc(CCN(C)C)c2cc(C)ccc21. The average molecular weight is 374 g/mol.